The molecule has 3 N–H and O–H groups in total. The van der Waals surface area contributed by atoms with E-state index in [1.165, 1.54) is 5.69 Å². The molecule has 18 heavy (non-hydrogen) atoms. The van der Waals surface area contributed by atoms with Crippen LogP contribution < -0.4 is 11.3 Å². The number of ether oxygens (including phenoxy) is 1. The largest absolute Gasteiger partial charge is 0.385 e. The fourth-order valence-corrected chi connectivity index (χ4v) is 2.46. The van der Waals surface area contributed by atoms with Gasteiger partial charge in [0.1, 0.15) is 0 Å². The Morgan fingerprint density at radius 1 is 1.56 bits per heavy atom. The molecule has 0 aliphatic carbocycles. The summed E-state index contributed by atoms with van der Waals surface area (Å²) in [6.45, 7) is 5.75. The van der Waals surface area contributed by atoms with Crippen molar-refractivity contribution in [2.75, 3.05) is 13.7 Å². The lowest BCUT2D eigenvalue weighted by Crippen LogP contribution is -2.37. The van der Waals surface area contributed by atoms with Gasteiger partial charge in [-0.15, -0.1) is 0 Å². The molecule has 0 saturated carbocycles. The van der Waals surface area contributed by atoms with E-state index in [0.717, 1.165) is 42.6 Å². The van der Waals surface area contributed by atoms with Crippen molar-refractivity contribution in [2.24, 2.45) is 5.84 Å². The third-order valence-electron chi connectivity index (χ3n) is 3.03. The van der Waals surface area contributed by atoms with Gasteiger partial charge in [-0.2, -0.15) is 5.10 Å². The summed E-state index contributed by atoms with van der Waals surface area (Å²) in [4.78, 5) is 0. The minimum atomic E-state index is 0.248. The quantitative estimate of drug-likeness (QED) is 0.435. The maximum absolute atomic E-state index is 5.62. The molecule has 0 aliphatic heterocycles. The highest BCUT2D eigenvalue weighted by Crippen LogP contribution is 2.23. The Bertz CT molecular complexity index is 367. The lowest BCUT2D eigenvalue weighted by molar-refractivity contribution is 0.188. The molecule has 1 heterocycles. The summed E-state index contributed by atoms with van der Waals surface area (Å²) < 4.78 is 8.19. The molecule has 6 heteroatoms. The number of hydrogen-bond acceptors (Lipinski definition) is 4. The first-order chi connectivity index (χ1) is 8.63. The highest BCUT2D eigenvalue weighted by atomic mass is 79.9. The van der Waals surface area contributed by atoms with E-state index in [2.05, 4.69) is 33.4 Å². The SMILES string of the molecule is CCn1nc(C)c(Br)c1CC(CCCOC)NN. The van der Waals surface area contributed by atoms with Gasteiger partial charge in [0.15, 0.2) is 0 Å². The number of aromatic nitrogens is 2. The van der Waals surface area contributed by atoms with Crippen molar-refractivity contribution in [3.05, 3.63) is 15.9 Å². The molecular weight excluding hydrogens is 296 g/mol. The highest BCUT2D eigenvalue weighted by Gasteiger charge is 2.16. The van der Waals surface area contributed by atoms with Gasteiger partial charge >= 0.3 is 0 Å². The molecular formula is C12H23BrN4O. The van der Waals surface area contributed by atoms with Gasteiger partial charge in [-0.1, -0.05) is 0 Å². The first-order valence-electron chi connectivity index (χ1n) is 6.30. The summed E-state index contributed by atoms with van der Waals surface area (Å²) in [6.07, 6.45) is 2.86. The van der Waals surface area contributed by atoms with E-state index in [1.807, 2.05) is 11.6 Å². The Morgan fingerprint density at radius 3 is 2.83 bits per heavy atom. The van der Waals surface area contributed by atoms with Crippen LogP contribution in [0.3, 0.4) is 0 Å². The Balaban J connectivity index is 2.68. The van der Waals surface area contributed by atoms with Gasteiger partial charge in [0.25, 0.3) is 0 Å². The molecule has 1 atom stereocenters. The lowest BCUT2D eigenvalue weighted by Gasteiger charge is -2.16. The molecule has 104 valence electrons. The average Bonchev–Trinajstić information content (AvgIpc) is 2.65. The van der Waals surface area contributed by atoms with Gasteiger partial charge in [-0.3, -0.25) is 16.0 Å². The molecule has 0 radical (unpaired) electrons. The molecule has 1 unspecified atom stereocenters. The van der Waals surface area contributed by atoms with Crippen LogP contribution in [0.4, 0.5) is 0 Å². The maximum atomic E-state index is 5.62. The van der Waals surface area contributed by atoms with Crippen molar-refractivity contribution < 1.29 is 4.74 Å². The van der Waals surface area contributed by atoms with Crippen LogP contribution in [0.2, 0.25) is 0 Å². The Kier molecular flexibility index (Phi) is 6.85. The lowest BCUT2D eigenvalue weighted by atomic mass is 10.1. The van der Waals surface area contributed by atoms with Gasteiger partial charge in [0, 0.05) is 32.7 Å². The summed E-state index contributed by atoms with van der Waals surface area (Å²) in [6, 6.07) is 0.248. The first-order valence-corrected chi connectivity index (χ1v) is 7.10. The molecule has 5 nitrogen and oxygen atoms in total. The number of nitrogens with zero attached hydrogens (tertiary/aromatic N) is 2. The third kappa shape index (κ3) is 4.05. The van der Waals surface area contributed by atoms with Crippen LogP contribution in [0, 0.1) is 6.92 Å². The van der Waals surface area contributed by atoms with Crippen LogP contribution in [-0.2, 0) is 17.7 Å². The fraction of sp³-hybridized carbons (Fsp3) is 0.750. The smallest absolute Gasteiger partial charge is 0.0738 e. The molecule has 0 saturated heterocycles. The number of nitrogens with two attached hydrogens (primary N) is 1. The maximum Gasteiger partial charge on any atom is 0.0738 e. The molecule has 0 amide bonds. The number of nitrogens with one attached hydrogen (secondary N) is 1. The van der Waals surface area contributed by atoms with Crippen LogP contribution in [0.15, 0.2) is 4.47 Å². The molecule has 1 aromatic rings. The van der Waals surface area contributed by atoms with Crippen LogP contribution >= 0.6 is 15.9 Å². The van der Waals surface area contributed by atoms with Crippen molar-refractivity contribution in [3.8, 4) is 0 Å². The number of rotatable bonds is 8. The summed E-state index contributed by atoms with van der Waals surface area (Å²) in [5, 5.41) is 4.49. The second-order valence-electron chi connectivity index (χ2n) is 4.36. The minimum absolute atomic E-state index is 0.248. The summed E-state index contributed by atoms with van der Waals surface area (Å²) >= 11 is 3.60. The van der Waals surface area contributed by atoms with E-state index < -0.39 is 0 Å². The van der Waals surface area contributed by atoms with Crippen molar-refractivity contribution in [1.29, 1.82) is 0 Å². The van der Waals surface area contributed by atoms with E-state index in [9.17, 15) is 0 Å². The zero-order valence-electron chi connectivity index (χ0n) is 11.4. The van der Waals surface area contributed by atoms with Crippen molar-refractivity contribution in [2.45, 2.75) is 45.7 Å². The Hall–Kier alpha value is -0.430. The zero-order valence-corrected chi connectivity index (χ0v) is 13.0. The summed E-state index contributed by atoms with van der Waals surface area (Å²) in [5.41, 5.74) is 5.11. The second-order valence-corrected chi connectivity index (χ2v) is 5.16. The van der Waals surface area contributed by atoms with Crippen molar-refractivity contribution >= 4 is 15.9 Å². The summed E-state index contributed by atoms with van der Waals surface area (Å²) in [7, 11) is 1.72. The third-order valence-corrected chi connectivity index (χ3v) is 4.06. The Labute approximate surface area is 117 Å². The van der Waals surface area contributed by atoms with Crippen molar-refractivity contribution in [1.82, 2.24) is 15.2 Å². The average molecular weight is 319 g/mol. The van der Waals surface area contributed by atoms with Crippen LogP contribution in [-0.4, -0.2) is 29.5 Å². The minimum Gasteiger partial charge on any atom is -0.385 e. The zero-order chi connectivity index (χ0) is 13.5. The normalized spacial score (nSPS) is 12.9. The van der Waals surface area contributed by atoms with Crippen molar-refractivity contribution in [3.63, 3.8) is 0 Å². The van der Waals surface area contributed by atoms with E-state index in [1.54, 1.807) is 7.11 Å². The van der Waals surface area contributed by atoms with Gasteiger partial charge in [0.05, 0.1) is 15.9 Å². The topological polar surface area (TPSA) is 65.1 Å². The van der Waals surface area contributed by atoms with E-state index in [4.69, 9.17) is 10.6 Å². The van der Waals surface area contributed by atoms with Gasteiger partial charge in [-0.05, 0) is 42.6 Å². The van der Waals surface area contributed by atoms with Gasteiger partial charge in [0.2, 0.25) is 0 Å². The molecule has 0 bridgehead atoms. The Morgan fingerprint density at radius 2 is 2.28 bits per heavy atom. The molecule has 0 spiro atoms. The number of hydrogen-bond donors (Lipinski definition) is 2. The number of hydrazine groups is 1. The monoisotopic (exact) mass is 318 g/mol. The predicted octanol–water partition coefficient (Wildman–Crippen LogP) is 1.77. The number of aryl methyl sites for hydroxylation is 2. The molecule has 0 aromatic carbocycles. The standard InChI is InChI=1S/C12H23BrN4O/c1-4-17-11(12(13)9(2)16-17)8-10(15-14)6-5-7-18-3/h10,15H,4-8,14H2,1-3H3. The molecule has 0 fully saturated rings. The molecule has 1 rings (SSSR count). The van der Waals surface area contributed by atoms with Crippen LogP contribution in [0.25, 0.3) is 0 Å². The number of methoxy groups -OCH3 is 1. The number of halogens is 1. The van der Waals surface area contributed by atoms with E-state index in [-0.39, 0.29) is 6.04 Å². The predicted molar refractivity (Wildman–Crippen MR) is 76.3 cm³/mol. The fourth-order valence-electron chi connectivity index (χ4n) is 2.02. The summed E-state index contributed by atoms with van der Waals surface area (Å²) in [5.74, 6) is 5.62. The molecule has 0 aliphatic rings. The van der Waals surface area contributed by atoms with Crippen LogP contribution in [0.5, 0.6) is 0 Å². The van der Waals surface area contributed by atoms with Crippen LogP contribution in [0.1, 0.15) is 31.2 Å². The first kappa shape index (κ1) is 15.6. The van der Waals surface area contributed by atoms with E-state index in [0.29, 0.717) is 0 Å². The van der Waals surface area contributed by atoms with E-state index >= 15 is 0 Å². The van der Waals surface area contributed by atoms with Gasteiger partial charge in [-0.25, -0.2) is 0 Å². The highest BCUT2D eigenvalue weighted by molar-refractivity contribution is 9.10. The second kappa shape index (κ2) is 7.89. The molecule has 1 aromatic heterocycles. The van der Waals surface area contributed by atoms with Gasteiger partial charge < -0.3 is 4.74 Å².